The first-order valence-corrected chi connectivity index (χ1v) is 9.80. The summed E-state index contributed by atoms with van der Waals surface area (Å²) >= 11 is 3.66. The molecule has 3 heterocycles. The number of aliphatic imine (C=N–C) groups is 1. The van der Waals surface area contributed by atoms with Crippen LogP contribution >= 0.6 is 23.1 Å². The molecule has 1 fully saturated rings. The number of hydrogen-bond donors (Lipinski definition) is 0. The van der Waals surface area contributed by atoms with Crippen LogP contribution in [0.3, 0.4) is 0 Å². The van der Waals surface area contributed by atoms with Crippen molar-refractivity contribution in [2.24, 2.45) is 10.9 Å². The Hall–Kier alpha value is -1.30. The zero-order chi connectivity index (χ0) is 15.4. The molecule has 1 aliphatic carbocycles. The number of fused-ring (bicyclic) bond motifs is 2. The van der Waals surface area contributed by atoms with E-state index in [9.17, 15) is 0 Å². The average molecular weight is 342 g/mol. The van der Waals surface area contributed by atoms with Gasteiger partial charge in [0.2, 0.25) is 0 Å². The summed E-state index contributed by atoms with van der Waals surface area (Å²) in [4.78, 5) is 8.47. The van der Waals surface area contributed by atoms with Crippen LogP contribution in [0.2, 0.25) is 0 Å². The third-order valence-electron chi connectivity index (χ3n) is 4.80. The summed E-state index contributed by atoms with van der Waals surface area (Å²) in [6, 6.07) is 8.70. The fraction of sp³-hybridized carbons (Fsp3) is 0.389. The summed E-state index contributed by atoms with van der Waals surface area (Å²) in [6.07, 6.45) is 2.79. The molecule has 0 N–H and O–H groups in total. The van der Waals surface area contributed by atoms with Crippen molar-refractivity contribution in [3.05, 3.63) is 40.1 Å². The van der Waals surface area contributed by atoms with E-state index in [-0.39, 0.29) is 6.10 Å². The average Bonchev–Trinajstić information content (AvgIpc) is 3.01. The van der Waals surface area contributed by atoms with Crippen molar-refractivity contribution in [3.63, 3.8) is 0 Å². The number of methoxy groups -OCH3 is 1. The van der Waals surface area contributed by atoms with Gasteiger partial charge in [-0.15, -0.1) is 11.3 Å². The molecule has 0 bridgehead atoms. The van der Waals surface area contributed by atoms with Gasteiger partial charge in [0.25, 0.3) is 0 Å². The maximum atomic E-state index is 5.91. The zero-order valence-electron chi connectivity index (χ0n) is 13.0. The first-order chi connectivity index (χ1) is 11.4. The number of rotatable bonds is 4. The van der Waals surface area contributed by atoms with E-state index in [1.807, 2.05) is 30.2 Å². The molecule has 5 rings (SSSR count). The number of nitrogens with zero attached hydrogens (tertiary/aromatic N) is 2. The SMILES string of the molecule is COC(C1=C(c2csc3ccccc23)N2CCN=C2S1)C1CC1. The van der Waals surface area contributed by atoms with Crippen molar-refractivity contribution in [1.29, 1.82) is 0 Å². The second-order valence-corrected chi connectivity index (χ2v) is 8.19. The molecule has 1 unspecified atom stereocenters. The Morgan fingerprint density at radius 2 is 2.17 bits per heavy atom. The van der Waals surface area contributed by atoms with Gasteiger partial charge in [0.15, 0.2) is 5.17 Å². The molecule has 23 heavy (non-hydrogen) atoms. The molecule has 5 heteroatoms. The van der Waals surface area contributed by atoms with Crippen LogP contribution in [0, 0.1) is 5.92 Å². The molecule has 1 aromatic carbocycles. The van der Waals surface area contributed by atoms with E-state index < -0.39 is 0 Å². The van der Waals surface area contributed by atoms with Gasteiger partial charge < -0.3 is 9.64 Å². The van der Waals surface area contributed by atoms with Gasteiger partial charge in [-0.25, -0.2) is 0 Å². The predicted octanol–water partition coefficient (Wildman–Crippen LogP) is 4.41. The van der Waals surface area contributed by atoms with Crippen LogP contribution in [-0.2, 0) is 4.74 Å². The molecule has 1 saturated carbocycles. The minimum Gasteiger partial charge on any atom is -0.376 e. The number of thiophene rings is 1. The van der Waals surface area contributed by atoms with Crippen molar-refractivity contribution in [1.82, 2.24) is 4.90 Å². The van der Waals surface area contributed by atoms with Gasteiger partial charge in [0.05, 0.1) is 18.3 Å². The van der Waals surface area contributed by atoms with Crippen molar-refractivity contribution in [2.75, 3.05) is 20.2 Å². The van der Waals surface area contributed by atoms with E-state index in [2.05, 4.69) is 34.5 Å². The summed E-state index contributed by atoms with van der Waals surface area (Å²) in [7, 11) is 1.85. The molecule has 3 nitrogen and oxygen atoms in total. The lowest BCUT2D eigenvalue weighted by molar-refractivity contribution is 0.120. The highest BCUT2D eigenvalue weighted by atomic mass is 32.2. The van der Waals surface area contributed by atoms with Crippen LogP contribution < -0.4 is 0 Å². The first-order valence-electron chi connectivity index (χ1n) is 8.10. The highest BCUT2D eigenvalue weighted by Crippen LogP contribution is 2.50. The molecule has 0 saturated heterocycles. The Balaban J connectivity index is 1.70. The fourth-order valence-electron chi connectivity index (χ4n) is 3.55. The summed E-state index contributed by atoms with van der Waals surface area (Å²) in [5.74, 6) is 0.683. The number of amidine groups is 1. The van der Waals surface area contributed by atoms with Crippen LogP contribution in [0.5, 0.6) is 0 Å². The van der Waals surface area contributed by atoms with Crippen LogP contribution in [0.25, 0.3) is 15.8 Å². The number of ether oxygens (including phenoxy) is 1. The van der Waals surface area contributed by atoms with Gasteiger partial charge in [-0.05, 0) is 24.8 Å². The number of hydrogen-bond acceptors (Lipinski definition) is 5. The Morgan fingerprint density at radius 3 is 3.00 bits per heavy atom. The molecule has 0 amide bonds. The van der Waals surface area contributed by atoms with Crippen molar-refractivity contribution in [3.8, 4) is 0 Å². The topological polar surface area (TPSA) is 24.8 Å². The largest absolute Gasteiger partial charge is 0.376 e. The van der Waals surface area contributed by atoms with E-state index in [1.165, 1.54) is 39.1 Å². The predicted molar refractivity (Wildman–Crippen MR) is 98.9 cm³/mol. The third kappa shape index (κ3) is 2.17. The molecule has 0 spiro atoms. The smallest absolute Gasteiger partial charge is 0.168 e. The van der Waals surface area contributed by atoms with Crippen molar-refractivity contribution in [2.45, 2.75) is 18.9 Å². The lowest BCUT2D eigenvalue weighted by Gasteiger charge is -2.20. The van der Waals surface area contributed by atoms with Gasteiger partial charge in [0.1, 0.15) is 0 Å². The van der Waals surface area contributed by atoms with Crippen LogP contribution in [-0.4, -0.2) is 36.4 Å². The van der Waals surface area contributed by atoms with Crippen LogP contribution in [0.15, 0.2) is 39.5 Å². The molecular weight excluding hydrogens is 324 g/mol. The lowest BCUT2D eigenvalue weighted by atomic mass is 10.1. The Labute approximate surface area is 144 Å². The molecule has 2 aromatic rings. The standard InChI is InChI=1S/C18H18N2OS2/c1-21-16(11-6-7-11)17-15(20-9-8-19-18(20)23-17)13-10-22-14-5-3-2-4-12(13)14/h2-5,10-11,16H,6-9H2,1H3. The highest BCUT2D eigenvalue weighted by molar-refractivity contribution is 8.17. The second kappa shape index (κ2) is 5.36. The Bertz CT molecular complexity index is 834. The summed E-state index contributed by atoms with van der Waals surface area (Å²) in [5, 5.41) is 4.82. The van der Waals surface area contributed by atoms with Gasteiger partial charge in [-0.2, -0.15) is 0 Å². The van der Waals surface area contributed by atoms with Gasteiger partial charge in [-0.1, -0.05) is 30.0 Å². The number of thioether (sulfide) groups is 1. The highest BCUT2D eigenvalue weighted by Gasteiger charge is 2.42. The van der Waals surface area contributed by atoms with Crippen molar-refractivity contribution >= 4 is 44.0 Å². The first kappa shape index (κ1) is 14.1. The molecule has 1 atom stereocenters. The lowest BCUT2D eigenvalue weighted by Crippen LogP contribution is -2.21. The summed E-state index contributed by atoms with van der Waals surface area (Å²) in [6.45, 7) is 1.90. The quantitative estimate of drug-likeness (QED) is 0.822. The molecular formula is C18H18N2OS2. The minimum atomic E-state index is 0.224. The third-order valence-corrected chi connectivity index (χ3v) is 6.95. The Morgan fingerprint density at radius 1 is 1.30 bits per heavy atom. The molecule has 1 aromatic heterocycles. The van der Waals surface area contributed by atoms with E-state index in [0.717, 1.165) is 18.3 Å². The number of benzene rings is 1. The van der Waals surface area contributed by atoms with Gasteiger partial charge in [-0.3, -0.25) is 4.99 Å². The normalized spacial score (nSPS) is 22.0. The van der Waals surface area contributed by atoms with Gasteiger partial charge >= 0.3 is 0 Å². The molecule has 0 radical (unpaired) electrons. The van der Waals surface area contributed by atoms with Crippen LogP contribution in [0.4, 0.5) is 0 Å². The molecule has 118 valence electrons. The summed E-state index contributed by atoms with van der Waals surface area (Å²) < 4.78 is 7.26. The van der Waals surface area contributed by atoms with E-state index in [1.54, 1.807) is 0 Å². The van der Waals surface area contributed by atoms with E-state index in [4.69, 9.17) is 9.73 Å². The molecule has 2 aliphatic heterocycles. The summed E-state index contributed by atoms with van der Waals surface area (Å²) in [5.41, 5.74) is 2.70. The fourth-order valence-corrected chi connectivity index (χ4v) is 5.86. The molecule has 3 aliphatic rings. The van der Waals surface area contributed by atoms with Crippen molar-refractivity contribution < 1.29 is 4.74 Å². The maximum absolute atomic E-state index is 5.91. The maximum Gasteiger partial charge on any atom is 0.168 e. The van der Waals surface area contributed by atoms with E-state index >= 15 is 0 Å². The monoisotopic (exact) mass is 342 g/mol. The van der Waals surface area contributed by atoms with Crippen LogP contribution in [0.1, 0.15) is 18.4 Å². The second-order valence-electron chi connectivity index (χ2n) is 6.27. The minimum absolute atomic E-state index is 0.224. The zero-order valence-corrected chi connectivity index (χ0v) is 14.6. The Kier molecular flexibility index (Phi) is 3.28. The van der Waals surface area contributed by atoms with E-state index in [0.29, 0.717) is 5.92 Å². The van der Waals surface area contributed by atoms with Gasteiger partial charge in [0, 0.05) is 39.6 Å².